The summed E-state index contributed by atoms with van der Waals surface area (Å²) in [5, 5.41) is 3.43. The van der Waals surface area contributed by atoms with E-state index in [-0.39, 0.29) is 5.91 Å². The molecule has 2 aliphatic heterocycles. The van der Waals surface area contributed by atoms with Crippen LogP contribution in [0.15, 0.2) is 48.5 Å². The van der Waals surface area contributed by atoms with Crippen molar-refractivity contribution in [2.45, 2.75) is 12.5 Å². The first kappa shape index (κ1) is 18.0. The first-order valence-corrected chi connectivity index (χ1v) is 9.73. The monoisotopic (exact) mass is 365 g/mol. The van der Waals surface area contributed by atoms with Gasteiger partial charge in [-0.1, -0.05) is 24.3 Å². The Bertz CT molecular complexity index is 794. The van der Waals surface area contributed by atoms with E-state index in [0.29, 0.717) is 6.04 Å². The quantitative estimate of drug-likeness (QED) is 0.904. The zero-order valence-corrected chi connectivity index (χ0v) is 15.9. The Kier molecular flexibility index (Phi) is 5.41. The maximum absolute atomic E-state index is 13.0. The third-order valence-corrected chi connectivity index (χ3v) is 5.66. The molecular formula is C22H27N3O2. The van der Waals surface area contributed by atoms with Gasteiger partial charge >= 0.3 is 0 Å². The number of ether oxygens (including phenoxy) is 1. The van der Waals surface area contributed by atoms with Gasteiger partial charge in [0.2, 0.25) is 0 Å². The molecule has 0 aliphatic carbocycles. The van der Waals surface area contributed by atoms with E-state index < -0.39 is 0 Å². The number of nitrogens with one attached hydrogen (secondary N) is 1. The Labute approximate surface area is 160 Å². The first-order valence-electron chi connectivity index (χ1n) is 9.73. The van der Waals surface area contributed by atoms with Crippen molar-refractivity contribution in [1.29, 1.82) is 0 Å². The summed E-state index contributed by atoms with van der Waals surface area (Å²) in [6.07, 6.45) is 1.22. The second-order valence-corrected chi connectivity index (χ2v) is 7.29. The number of hydrogen-bond donors (Lipinski definition) is 1. The predicted octanol–water partition coefficient (Wildman–Crippen LogP) is 2.48. The molecule has 1 atom stereocenters. The van der Waals surface area contributed by atoms with Gasteiger partial charge in [-0.05, 0) is 48.4 Å². The molecule has 2 fully saturated rings. The first-order chi connectivity index (χ1) is 13.2. The lowest BCUT2D eigenvalue weighted by molar-refractivity contribution is 0.0584. The van der Waals surface area contributed by atoms with E-state index in [9.17, 15) is 4.79 Å². The minimum absolute atomic E-state index is 0.129. The van der Waals surface area contributed by atoms with Gasteiger partial charge < -0.3 is 15.0 Å². The van der Waals surface area contributed by atoms with Crippen LogP contribution in [-0.2, 0) is 0 Å². The highest BCUT2D eigenvalue weighted by atomic mass is 16.5. The van der Waals surface area contributed by atoms with Crippen LogP contribution in [0.1, 0.15) is 16.8 Å². The van der Waals surface area contributed by atoms with Crippen molar-refractivity contribution in [3.05, 3.63) is 54.1 Å². The number of carbonyl (C=O) groups is 1. The van der Waals surface area contributed by atoms with E-state index in [2.05, 4.69) is 10.2 Å². The molecule has 5 heteroatoms. The number of carbonyl (C=O) groups excluding carboxylic acids is 1. The van der Waals surface area contributed by atoms with Gasteiger partial charge in [-0.2, -0.15) is 0 Å². The van der Waals surface area contributed by atoms with E-state index in [0.717, 1.165) is 61.7 Å². The molecule has 0 saturated carbocycles. The van der Waals surface area contributed by atoms with Crippen LogP contribution in [0.5, 0.6) is 5.75 Å². The normalized spacial score (nSPS) is 20.6. The molecule has 2 heterocycles. The molecule has 2 saturated heterocycles. The van der Waals surface area contributed by atoms with Crippen LogP contribution >= 0.6 is 0 Å². The number of benzene rings is 2. The third kappa shape index (κ3) is 3.99. The zero-order valence-electron chi connectivity index (χ0n) is 15.9. The molecule has 0 spiro atoms. The summed E-state index contributed by atoms with van der Waals surface area (Å²) in [4.78, 5) is 17.5. The van der Waals surface area contributed by atoms with Gasteiger partial charge in [0.05, 0.1) is 7.11 Å². The van der Waals surface area contributed by atoms with E-state index in [1.54, 1.807) is 7.11 Å². The summed E-state index contributed by atoms with van der Waals surface area (Å²) >= 11 is 0. The average molecular weight is 365 g/mol. The standard InChI is InChI=1S/C22H27N3O2/c1-27-21-7-3-5-18(15-21)17-4-2-6-19(14-17)22(26)25-12-10-24(11-13-25)20-8-9-23-16-20/h2-7,14-15,20,23H,8-13,16H2,1H3/t20-/m1/s1. The molecule has 2 aromatic carbocycles. The predicted molar refractivity (Wildman–Crippen MR) is 107 cm³/mol. The van der Waals surface area contributed by atoms with Crippen LogP contribution in [-0.4, -0.2) is 68.1 Å². The molecule has 0 radical (unpaired) electrons. The number of rotatable bonds is 4. The van der Waals surface area contributed by atoms with Gasteiger partial charge in [0.15, 0.2) is 0 Å². The number of piperazine rings is 1. The third-order valence-electron chi connectivity index (χ3n) is 5.66. The molecule has 4 rings (SSSR count). The van der Waals surface area contributed by atoms with Crippen molar-refractivity contribution in [3.63, 3.8) is 0 Å². The van der Waals surface area contributed by atoms with Gasteiger partial charge in [-0.25, -0.2) is 0 Å². The number of hydrogen-bond acceptors (Lipinski definition) is 4. The molecule has 2 aliphatic rings. The zero-order chi connectivity index (χ0) is 18.6. The average Bonchev–Trinajstić information content (AvgIpc) is 3.28. The topological polar surface area (TPSA) is 44.8 Å². The molecule has 1 N–H and O–H groups in total. The van der Waals surface area contributed by atoms with Crippen molar-refractivity contribution < 1.29 is 9.53 Å². The fourth-order valence-electron chi connectivity index (χ4n) is 4.06. The Balaban J connectivity index is 1.45. The molecule has 1 amide bonds. The fourth-order valence-corrected chi connectivity index (χ4v) is 4.06. The Morgan fingerprint density at radius 1 is 1.04 bits per heavy atom. The molecule has 0 aromatic heterocycles. The van der Waals surface area contributed by atoms with Crippen LogP contribution in [0.3, 0.4) is 0 Å². The van der Waals surface area contributed by atoms with Crippen LogP contribution < -0.4 is 10.1 Å². The summed E-state index contributed by atoms with van der Waals surface area (Å²) in [6.45, 7) is 5.73. The van der Waals surface area contributed by atoms with Crippen LogP contribution in [0.2, 0.25) is 0 Å². The van der Waals surface area contributed by atoms with E-state index >= 15 is 0 Å². The molecule has 0 bridgehead atoms. The number of amides is 1. The van der Waals surface area contributed by atoms with E-state index in [1.165, 1.54) is 6.42 Å². The second-order valence-electron chi connectivity index (χ2n) is 7.29. The molecular weight excluding hydrogens is 338 g/mol. The van der Waals surface area contributed by atoms with Gasteiger partial charge in [0.25, 0.3) is 5.91 Å². The van der Waals surface area contributed by atoms with Gasteiger partial charge in [-0.3, -0.25) is 9.69 Å². The fraction of sp³-hybridized carbons (Fsp3) is 0.409. The van der Waals surface area contributed by atoms with Gasteiger partial charge in [0, 0.05) is 44.3 Å². The Morgan fingerprint density at radius 2 is 1.78 bits per heavy atom. The number of methoxy groups -OCH3 is 1. The van der Waals surface area contributed by atoms with Crippen molar-refractivity contribution in [2.75, 3.05) is 46.4 Å². The minimum atomic E-state index is 0.129. The van der Waals surface area contributed by atoms with Crippen molar-refractivity contribution in [1.82, 2.24) is 15.1 Å². The molecule has 2 aromatic rings. The van der Waals surface area contributed by atoms with Gasteiger partial charge in [0.1, 0.15) is 5.75 Å². The summed E-state index contributed by atoms with van der Waals surface area (Å²) in [6, 6.07) is 16.5. The van der Waals surface area contributed by atoms with E-state index in [4.69, 9.17) is 4.74 Å². The Hall–Kier alpha value is -2.37. The molecule has 5 nitrogen and oxygen atoms in total. The van der Waals surface area contributed by atoms with Crippen molar-refractivity contribution in [2.24, 2.45) is 0 Å². The molecule has 0 unspecified atom stereocenters. The summed E-state index contributed by atoms with van der Waals surface area (Å²) in [7, 11) is 1.67. The lowest BCUT2D eigenvalue weighted by atomic mass is 10.0. The summed E-state index contributed by atoms with van der Waals surface area (Å²) in [5.41, 5.74) is 2.85. The lowest BCUT2D eigenvalue weighted by Crippen LogP contribution is -2.52. The minimum Gasteiger partial charge on any atom is -0.497 e. The van der Waals surface area contributed by atoms with Crippen LogP contribution in [0.4, 0.5) is 0 Å². The SMILES string of the molecule is COc1cccc(-c2cccc(C(=O)N3CCN([C@@H]4CCNC4)CC3)c2)c1. The lowest BCUT2D eigenvalue weighted by Gasteiger charge is -2.37. The maximum Gasteiger partial charge on any atom is 0.253 e. The smallest absolute Gasteiger partial charge is 0.253 e. The molecule has 27 heavy (non-hydrogen) atoms. The summed E-state index contributed by atoms with van der Waals surface area (Å²) in [5.74, 6) is 0.950. The second kappa shape index (κ2) is 8.11. The van der Waals surface area contributed by atoms with Gasteiger partial charge in [-0.15, -0.1) is 0 Å². The summed E-state index contributed by atoms with van der Waals surface area (Å²) < 4.78 is 5.32. The highest BCUT2D eigenvalue weighted by Crippen LogP contribution is 2.25. The maximum atomic E-state index is 13.0. The Morgan fingerprint density at radius 3 is 2.48 bits per heavy atom. The van der Waals surface area contributed by atoms with Crippen LogP contribution in [0.25, 0.3) is 11.1 Å². The van der Waals surface area contributed by atoms with E-state index in [1.807, 2.05) is 53.4 Å². The highest BCUT2D eigenvalue weighted by molar-refractivity contribution is 5.95. The van der Waals surface area contributed by atoms with Crippen molar-refractivity contribution >= 4 is 5.91 Å². The highest BCUT2D eigenvalue weighted by Gasteiger charge is 2.28. The molecule has 142 valence electrons. The number of nitrogens with zero attached hydrogens (tertiary/aromatic N) is 2. The van der Waals surface area contributed by atoms with Crippen molar-refractivity contribution in [3.8, 4) is 16.9 Å². The largest absolute Gasteiger partial charge is 0.497 e. The van der Waals surface area contributed by atoms with Crippen LogP contribution in [0, 0.1) is 0 Å².